The van der Waals surface area contributed by atoms with E-state index in [0.717, 1.165) is 29.9 Å². The number of carbonyl (C=O) groups excluding carboxylic acids is 3. The summed E-state index contributed by atoms with van der Waals surface area (Å²) in [4.78, 5) is 43.2. The number of carbonyl (C=O) groups is 3. The number of hydrogen-bond acceptors (Lipinski definition) is 4. The number of amides is 3. The summed E-state index contributed by atoms with van der Waals surface area (Å²) >= 11 is 0. The molecule has 1 aromatic rings. The fourth-order valence-corrected chi connectivity index (χ4v) is 5.62. The van der Waals surface area contributed by atoms with E-state index in [2.05, 4.69) is 0 Å². The first-order valence-corrected chi connectivity index (χ1v) is 11.0. The SMILES string of the molecule is O=C(CN1C(=O)[C@H]2[C@H](C1=O)[C@H]1C=C[C@H]2CC1)N1CCN(c2cccc(C(F)(F)F)c2)CC1. The van der Waals surface area contributed by atoms with Gasteiger partial charge in [-0.1, -0.05) is 18.2 Å². The second kappa shape index (κ2) is 7.64. The first kappa shape index (κ1) is 21.0. The number of fused-ring (bicyclic) bond motifs is 1. The fraction of sp³-hybridized carbons (Fsp3) is 0.522. The van der Waals surface area contributed by atoms with Crippen LogP contribution < -0.4 is 4.90 Å². The zero-order valence-electron chi connectivity index (χ0n) is 17.4. The van der Waals surface area contributed by atoms with Crippen molar-refractivity contribution >= 4 is 23.4 Å². The van der Waals surface area contributed by atoms with Crippen molar-refractivity contribution in [1.82, 2.24) is 9.80 Å². The maximum absolute atomic E-state index is 13.0. The predicted molar refractivity (Wildman–Crippen MR) is 109 cm³/mol. The van der Waals surface area contributed by atoms with Crippen LogP contribution in [-0.2, 0) is 20.6 Å². The van der Waals surface area contributed by atoms with Gasteiger partial charge in [0.2, 0.25) is 17.7 Å². The number of nitrogens with zero attached hydrogens (tertiary/aromatic N) is 3. The van der Waals surface area contributed by atoms with E-state index in [4.69, 9.17) is 0 Å². The summed E-state index contributed by atoms with van der Waals surface area (Å²) in [6.07, 6.45) is 1.48. The minimum atomic E-state index is -4.41. The first-order valence-electron chi connectivity index (χ1n) is 11.0. The number of imide groups is 1. The van der Waals surface area contributed by atoms with E-state index in [-0.39, 0.29) is 47.9 Å². The smallest absolute Gasteiger partial charge is 0.368 e. The highest BCUT2D eigenvalue weighted by molar-refractivity contribution is 6.08. The molecule has 32 heavy (non-hydrogen) atoms. The molecule has 4 atom stereocenters. The average molecular weight is 447 g/mol. The van der Waals surface area contributed by atoms with Crippen LogP contribution in [0.25, 0.3) is 0 Å². The van der Waals surface area contributed by atoms with Gasteiger partial charge in [-0.25, -0.2) is 0 Å². The lowest BCUT2D eigenvalue weighted by atomic mass is 9.63. The Morgan fingerprint density at radius 2 is 1.53 bits per heavy atom. The van der Waals surface area contributed by atoms with E-state index in [1.165, 1.54) is 6.07 Å². The number of alkyl halides is 3. The number of anilines is 1. The van der Waals surface area contributed by atoms with E-state index < -0.39 is 11.7 Å². The Morgan fingerprint density at radius 3 is 2.06 bits per heavy atom. The normalized spacial score (nSPS) is 29.7. The minimum Gasteiger partial charge on any atom is -0.368 e. The molecule has 3 amide bonds. The molecule has 0 N–H and O–H groups in total. The quantitative estimate of drug-likeness (QED) is 0.528. The molecule has 1 aromatic carbocycles. The van der Waals surface area contributed by atoms with E-state index in [9.17, 15) is 27.6 Å². The number of benzene rings is 1. The molecule has 2 saturated heterocycles. The third kappa shape index (κ3) is 3.47. The van der Waals surface area contributed by atoms with Gasteiger partial charge in [0.05, 0.1) is 17.4 Å². The number of likely N-dealkylation sites (tertiary alicyclic amines) is 1. The van der Waals surface area contributed by atoms with Gasteiger partial charge < -0.3 is 9.80 Å². The minimum absolute atomic E-state index is 0.0811. The fourth-order valence-electron chi connectivity index (χ4n) is 5.62. The molecule has 170 valence electrons. The van der Waals surface area contributed by atoms with Gasteiger partial charge in [-0.3, -0.25) is 19.3 Å². The molecule has 2 bridgehead atoms. The zero-order valence-corrected chi connectivity index (χ0v) is 17.4. The molecule has 9 heteroatoms. The van der Waals surface area contributed by atoms with Crippen molar-refractivity contribution in [3.05, 3.63) is 42.0 Å². The Labute approximate surface area is 183 Å². The maximum atomic E-state index is 13.0. The Bertz CT molecular complexity index is 952. The van der Waals surface area contributed by atoms with Crippen LogP contribution in [0.2, 0.25) is 0 Å². The van der Waals surface area contributed by atoms with Crippen LogP contribution in [0.15, 0.2) is 36.4 Å². The van der Waals surface area contributed by atoms with Crippen molar-refractivity contribution in [2.45, 2.75) is 19.0 Å². The molecule has 6 nitrogen and oxygen atoms in total. The molecular weight excluding hydrogens is 423 g/mol. The molecule has 0 radical (unpaired) electrons. The molecule has 0 unspecified atom stereocenters. The number of hydrogen-bond donors (Lipinski definition) is 0. The molecule has 2 heterocycles. The van der Waals surface area contributed by atoms with Crippen molar-refractivity contribution < 1.29 is 27.6 Å². The van der Waals surface area contributed by atoms with Gasteiger partial charge in [-0.05, 0) is 42.9 Å². The van der Waals surface area contributed by atoms with E-state index in [1.807, 2.05) is 17.1 Å². The Balaban J connectivity index is 1.21. The van der Waals surface area contributed by atoms with E-state index >= 15 is 0 Å². The third-order valence-corrected chi connectivity index (χ3v) is 7.32. The summed E-state index contributed by atoms with van der Waals surface area (Å²) in [6, 6.07) is 5.15. The van der Waals surface area contributed by atoms with Crippen molar-refractivity contribution in [3.63, 3.8) is 0 Å². The first-order chi connectivity index (χ1) is 15.2. The third-order valence-electron chi connectivity index (χ3n) is 7.32. The van der Waals surface area contributed by atoms with Crippen LogP contribution in [0.5, 0.6) is 0 Å². The number of piperazine rings is 1. The Morgan fingerprint density at radius 1 is 0.938 bits per heavy atom. The summed E-state index contributed by atoms with van der Waals surface area (Å²) in [6.45, 7) is 1.16. The monoisotopic (exact) mass is 447 g/mol. The van der Waals surface area contributed by atoms with Crippen molar-refractivity contribution in [2.75, 3.05) is 37.6 Å². The van der Waals surface area contributed by atoms with Crippen LogP contribution in [-0.4, -0.2) is 60.2 Å². The second-order valence-corrected chi connectivity index (χ2v) is 9.02. The van der Waals surface area contributed by atoms with Gasteiger partial charge in [-0.2, -0.15) is 13.2 Å². The van der Waals surface area contributed by atoms with Crippen LogP contribution in [0.4, 0.5) is 18.9 Å². The van der Waals surface area contributed by atoms with Gasteiger partial charge in [0.1, 0.15) is 6.54 Å². The zero-order chi connectivity index (χ0) is 22.6. The van der Waals surface area contributed by atoms with E-state index in [0.29, 0.717) is 31.9 Å². The lowest BCUT2D eigenvalue weighted by molar-refractivity contribution is -0.146. The molecule has 0 spiro atoms. The molecule has 0 aromatic heterocycles. The lowest BCUT2D eigenvalue weighted by Gasteiger charge is -2.38. The van der Waals surface area contributed by atoms with Crippen LogP contribution in [0.1, 0.15) is 18.4 Å². The summed E-state index contributed by atoms with van der Waals surface area (Å²) in [5.74, 6) is -1.29. The number of rotatable bonds is 3. The topological polar surface area (TPSA) is 60.9 Å². The van der Waals surface area contributed by atoms with E-state index in [1.54, 1.807) is 11.0 Å². The van der Waals surface area contributed by atoms with Crippen molar-refractivity contribution in [1.29, 1.82) is 0 Å². The van der Waals surface area contributed by atoms with Crippen molar-refractivity contribution in [3.8, 4) is 0 Å². The number of allylic oxidation sites excluding steroid dienone is 2. The van der Waals surface area contributed by atoms with Crippen LogP contribution >= 0.6 is 0 Å². The van der Waals surface area contributed by atoms with Gasteiger partial charge in [0.15, 0.2) is 0 Å². The summed E-state index contributed by atoms with van der Waals surface area (Å²) in [5, 5.41) is 0. The molecule has 3 aliphatic carbocycles. The van der Waals surface area contributed by atoms with Crippen LogP contribution in [0, 0.1) is 23.7 Å². The number of halogens is 3. The molecule has 6 rings (SSSR count). The average Bonchev–Trinajstić information content (AvgIpc) is 3.06. The standard InChI is InChI=1S/C23H24F3N3O3/c24-23(25,26)16-2-1-3-17(12-16)27-8-10-28(11-9-27)18(30)13-29-21(31)19-14-4-5-15(7-6-14)20(19)22(29)32/h1-5,12,14-15,19-20H,6-11,13H2/t14-,15-,19+,20+/m0/s1. The highest BCUT2D eigenvalue weighted by Gasteiger charge is 2.56. The van der Waals surface area contributed by atoms with Gasteiger partial charge >= 0.3 is 6.18 Å². The molecular formula is C23H24F3N3O3. The predicted octanol–water partition coefficient (Wildman–Crippen LogP) is 2.55. The maximum Gasteiger partial charge on any atom is 0.416 e. The Hall–Kier alpha value is -2.84. The summed E-state index contributed by atoms with van der Waals surface area (Å²) < 4.78 is 39.0. The van der Waals surface area contributed by atoms with Gasteiger partial charge in [0.25, 0.3) is 0 Å². The highest BCUT2D eigenvalue weighted by atomic mass is 19.4. The van der Waals surface area contributed by atoms with Gasteiger partial charge in [0, 0.05) is 31.9 Å². The second-order valence-electron chi connectivity index (χ2n) is 9.02. The largest absolute Gasteiger partial charge is 0.416 e. The summed E-state index contributed by atoms with van der Waals surface area (Å²) in [5.41, 5.74) is -0.242. The lowest BCUT2D eigenvalue weighted by Crippen LogP contribution is -2.52. The molecule has 1 saturated carbocycles. The van der Waals surface area contributed by atoms with Crippen molar-refractivity contribution in [2.24, 2.45) is 23.7 Å². The molecule has 5 aliphatic rings. The summed E-state index contributed by atoms with van der Waals surface area (Å²) in [7, 11) is 0. The molecule has 2 aliphatic heterocycles. The Kier molecular flexibility index (Phi) is 5.02. The molecule has 3 fully saturated rings. The van der Waals surface area contributed by atoms with Gasteiger partial charge in [-0.15, -0.1) is 0 Å². The van der Waals surface area contributed by atoms with Crippen LogP contribution in [0.3, 0.4) is 0 Å². The highest BCUT2D eigenvalue weighted by Crippen LogP contribution is 2.49.